The van der Waals surface area contributed by atoms with Crippen LogP contribution in [0.3, 0.4) is 0 Å². The van der Waals surface area contributed by atoms with E-state index in [1.165, 1.54) is 23.9 Å². The third kappa shape index (κ3) is 3.70. The monoisotopic (exact) mass is 426 g/mol. The van der Waals surface area contributed by atoms with Gasteiger partial charge in [-0.3, -0.25) is 5.21 Å². The second-order valence-corrected chi connectivity index (χ2v) is 7.48. The maximum absolute atomic E-state index is 14.1. The zero-order chi connectivity index (χ0) is 22.3. The van der Waals surface area contributed by atoms with Gasteiger partial charge in [-0.25, -0.2) is 19.0 Å². The number of halogens is 1. The molecule has 0 fully saturated rings. The number of anilines is 1. The zero-order valence-corrected chi connectivity index (χ0v) is 17.1. The van der Waals surface area contributed by atoms with E-state index in [0.29, 0.717) is 28.2 Å². The van der Waals surface area contributed by atoms with Crippen LogP contribution in [0.15, 0.2) is 36.5 Å². The summed E-state index contributed by atoms with van der Waals surface area (Å²) in [4.78, 5) is 8.35. The first kappa shape index (κ1) is 20.4. The predicted molar refractivity (Wildman–Crippen MR) is 108 cm³/mol. The standard InChI is InChI=1S/C20H21FN7O3/c1-20(2,29)15-6-4-5-11(28(15)30)9-27-10-14(25-26-27)16-12-7-8-13(21)18(31-3)17(12)24-19(22)23-16/h4-8,10,29-30H,9H2,1-3H3,(H2,22,23,24)/q+1. The summed E-state index contributed by atoms with van der Waals surface area (Å²) in [7, 11) is 1.35. The van der Waals surface area contributed by atoms with E-state index in [2.05, 4.69) is 20.3 Å². The van der Waals surface area contributed by atoms with Gasteiger partial charge < -0.3 is 15.6 Å². The summed E-state index contributed by atoms with van der Waals surface area (Å²) in [5.74, 6) is -0.668. The van der Waals surface area contributed by atoms with Crippen molar-refractivity contribution in [2.75, 3.05) is 12.8 Å². The van der Waals surface area contributed by atoms with Crippen LogP contribution in [0.5, 0.6) is 5.75 Å². The Morgan fingerprint density at radius 1 is 1.23 bits per heavy atom. The highest BCUT2D eigenvalue weighted by molar-refractivity contribution is 5.95. The molecule has 0 saturated carbocycles. The van der Waals surface area contributed by atoms with Crippen molar-refractivity contribution in [3.05, 3.63) is 53.7 Å². The van der Waals surface area contributed by atoms with Crippen molar-refractivity contribution in [3.8, 4) is 17.1 Å². The Balaban J connectivity index is 1.75. The molecule has 0 aliphatic heterocycles. The molecule has 4 aromatic rings. The van der Waals surface area contributed by atoms with E-state index in [-0.39, 0.29) is 23.8 Å². The number of pyridine rings is 1. The molecule has 10 nitrogen and oxygen atoms in total. The highest BCUT2D eigenvalue weighted by atomic mass is 19.1. The Hall–Kier alpha value is -3.86. The van der Waals surface area contributed by atoms with E-state index >= 15 is 0 Å². The second-order valence-electron chi connectivity index (χ2n) is 7.48. The molecule has 3 heterocycles. The summed E-state index contributed by atoms with van der Waals surface area (Å²) in [5.41, 5.74) is 6.38. The van der Waals surface area contributed by atoms with Crippen LogP contribution >= 0.6 is 0 Å². The number of rotatable bonds is 5. The number of nitrogens with two attached hydrogens (primary N) is 1. The van der Waals surface area contributed by atoms with Crippen molar-refractivity contribution >= 4 is 16.9 Å². The molecule has 4 rings (SSSR count). The first-order valence-electron chi connectivity index (χ1n) is 9.35. The van der Waals surface area contributed by atoms with Gasteiger partial charge in [0.15, 0.2) is 11.6 Å². The van der Waals surface area contributed by atoms with Crippen LogP contribution in [0.1, 0.15) is 25.2 Å². The highest BCUT2D eigenvalue weighted by Gasteiger charge is 2.30. The molecule has 0 atom stereocenters. The fourth-order valence-corrected chi connectivity index (χ4v) is 3.33. The predicted octanol–water partition coefficient (Wildman–Crippen LogP) is 1.42. The van der Waals surface area contributed by atoms with Crippen molar-refractivity contribution in [2.45, 2.75) is 26.0 Å². The lowest BCUT2D eigenvalue weighted by Crippen LogP contribution is -2.45. The summed E-state index contributed by atoms with van der Waals surface area (Å²) in [6.07, 6.45) is 1.62. The lowest BCUT2D eigenvalue weighted by Gasteiger charge is -2.13. The molecule has 0 bridgehead atoms. The Bertz CT molecular complexity index is 1280. The third-order valence-corrected chi connectivity index (χ3v) is 4.77. The molecule has 31 heavy (non-hydrogen) atoms. The number of benzene rings is 1. The molecule has 0 amide bonds. The fraction of sp³-hybridized carbons (Fsp3) is 0.250. The van der Waals surface area contributed by atoms with E-state index < -0.39 is 11.4 Å². The fourth-order valence-electron chi connectivity index (χ4n) is 3.33. The molecule has 0 aliphatic rings. The number of nitrogen functional groups attached to an aromatic ring is 1. The quantitative estimate of drug-likeness (QED) is 0.322. The summed E-state index contributed by atoms with van der Waals surface area (Å²) < 4.78 is 21.6. The Morgan fingerprint density at radius 2 is 2.00 bits per heavy atom. The molecule has 0 saturated heterocycles. The second kappa shape index (κ2) is 7.43. The van der Waals surface area contributed by atoms with Crippen LogP contribution in [0.4, 0.5) is 10.3 Å². The molecule has 0 spiro atoms. The van der Waals surface area contributed by atoms with Crippen molar-refractivity contribution in [2.24, 2.45) is 0 Å². The number of hydrogen-bond donors (Lipinski definition) is 3. The van der Waals surface area contributed by atoms with Gasteiger partial charge in [-0.05, 0) is 32.0 Å². The number of hydrogen-bond acceptors (Lipinski definition) is 8. The van der Waals surface area contributed by atoms with Gasteiger partial charge >= 0.3 is 0 Å². The first-order valence-corrected chi connectivity index (χ1v) is 9.35. The molecule has 3 aromatic heterocycles. The van der Waals surface area contributed by atoms with Crippen LogP contribution < -0.4 is 15.2 Å². The number of ether oxygens (including phenoxy) is 1. The molecular weight excluding hydrogens is 405 g/mol. The maximum atomic E-state index is 14.1. The number of nitrogens with zero attached hydrogens (tertiary/aromatic N) is 6. The minimum atomic E-state index is -1.23. The topological polar surface area (TPSA) is 136 Å². The van der Waals surface area contributed by atoms with Gasteiger partial charge in [0.25, 0.3) is 11.4 Å². The van der Waals surface area contributed by atoms with Gasteiger partial charge in [-0.1, -0.05) is 5.21 Å². The van der Waals surface area contributed by atoms with Crippen LogP contribution in [-0.4, -0.2) is 42.4 Å². The molecule has 160 valence electrons. The Kier molecular flexibility index (Phi) is 4.90. The van der Waals surface area contributed by atoms with Gasteiger partial charge in [0.1, 0.15) is 29.1 Å². The largest absolute Gasteiger partial charge is 0.491 e. The van der Waals surface area contributed by atoms with Crippen LogP contribution in [0.2, 0.25) is 0 Å². The summed E-state index contributed by atoms with van der Waals surface area (Å²) in [5, 5.41) is 29.4. The smallest absolute Gasteiger partial charge is 0.265 e. The number of fused-ring (bicyclic) bond motifs is 1. The summed E-state index contributed by atoms with van der Waals surface area (Å²) in [6.45, 7) is 3.33. The maximum Gasteiger partial charge on any atom is 0.265 e. The van der Waals surface area contributed by atoms with Gasteiger partial charge in [-0.15, -0.1) is 5.10 Å². The molecular formula is C20H21FN7O3+. The van der Waals surface area contributed by atoms with E-state index in [4.69, 9.17) is 10.5 Å². The summed E-state index contributed by atoms with van der Waals surface area (Å²) >= 11 is 0. The Morgan fingerprint density at radius 3 is 2.71 bits per heavy atom. The first-order chi connectivity index (χ1) is 14.7. The average molecular weight is 426 g/mol. The van der Waals surface area contributed by atoms with E-state index in [0.717, 1.165) is 4.73 Å². The van der Waals surface area contributed by atoms with E-state index in [1.807, 2.05) is 0 Å². The molecule has 0 aliphatic carbocycles. The Labute approximate surface area is 176 Å². The minimum Gasteiger partial charge on any atom is -0.491 e. The molecule has 0 radical (unpaired) electrons. The van der Waals surface area contributed by atoms with Crippen molar-refractivity contribution in [1.29, 1.82) is 0 Å². The van der Waals surface area contributed by atoms with Crippen molar-refractivity contribution < 1.29 is 24.2 Å². The zero-order valence-electron chi connectivity index (χ0n) is 17.1. The SMILES string of the molecule is COc1c(F)ccc2c(-c3cn(Cc4cccc(C(C)(C)O)[n+]4O)nn3)nc(N)nc12. The molecule has 4 N–H and O–H groups in total. The lowest BCUT2D eigenvalue weighted by molar-refractivity contribution is -0.917. The van der Waals surface area contributed by atoms with E-state index in [1.54, 1.807) is 38.2 Å². The number of aromatic nitrogens is 6. The van der Waals surface area contributed by atoms with Gasteiger partial charge in [-0.2, -0.15) is 0 Å². The van der Waals surface area contributed by atoms with Crippen LogP contribution in [0.25, 0.3) is 22.3 Å². The molecule has 11 heteroatoms. The third-order valence-electron chi connectivity index (χ3n) is 4.77. The molecule has 0 unspecified atom stereocenters. The van der Waals surface area contributed by atoms with Gasteiger partial charge in [0.2, 0.25) is 5.95 Å². The normalized spacial score (nSPS) is 11.8. The summed E-state index contributed by atoms with van der Waals surface area (Å²) in [6, 6.07) is 7.83. The molecule has 1 aromatic carbocycles. The van der Waals surface area contributed by atoms with E-state index in [9.17, 15) is 14.7 Å². The van der Waals surface area contributed by atoms with Crippen LogP contribution in [-0.2, 0) is 12.1 Å². The van der Waals surface area contributed by atoms with Gasteiger partial charge in [0, 0.05) is 22.2 Å². The van der Waals surface area contributed by atoms with Gasteiger partial charge in [0.05, 0.1) is 13.3 Å². The van der Waals surface area contributed by atoms with Crippen molar-refractivity contribution in [1.82, 2.24) is 25.0 Å². The lowest BCUT2D eigenvalue weighted by atomic mass is 10.0. The number of aliphatic hydroxyl groups is 1. The number of methoxy groups -OCH3 is 1. The van der Waals surface area contributed by atoms with Crippen molar-refractivity contribution in [3.63, 3.8) is 0 Å². The highest BCUT2D eigenvalue weighted by Crippen LogP contribution is 2.32. The average Bonchev–Trinajstić information content (AvgIpc) is 3.16. The minimum absolute atomic E-state index is 0.0370. The van der Waals surface area contributed by atoms with Crippen LogP contribution in [0, 0.1) is 5.82 Å².